The summed E-state index contributed by atoms with van der Waals surface area (Å²) >= 11 is 0. The van der Waals surface area contributed by atoms with Crippen molar-refractivity contribution in [3.8, 4) is 0 Å². The number of carbonyl (C=O) groups is 2. The number of benzene rings is 1. The first-order chi connectivity index (χ1) is 12.2. The minimum absolute atomic E-state index is 0.0223. The predicted octanol–water partition coefficient (Wildman–Crippen LogP) is 2.01. The number of imide groups is 1. The average molecular weight is 343 g/mol. The van der Waals surface area contributed by atoms with Gasteiger partial charge in [0.1, 0.15) is 5.82 Å². The molecule has 1 aromatic rings. The van der Waals surface area contributed by atoms with Crippen molar-refractivity contribution in [1.82, 2.24) is 10.5 Å². The lowest BCUT2D eigenvalue weighted by atomic mass is 10.1. The standard InChI is InChI=1S/C17H14FN3O4/c18-11-9-12-15(13(10-11)20-6-3-1-2-4-7-20)17(23)21(16(12)22)14-5-8-24-19-25-14/h1-4,6-7,9-10,14,19H,5,8H2/t14-/m0/s1. The van der Waals surface area contributed by atoms with Crippen LogP contribution in [0.25, 0.3) is 0 Å². The molecule has 3 aliphatic rings. The molecule has 0 aromatic heterocycles. The molecule has 0 radical (unpaired) electrons. The maximum atomic E-state index is 14.1. The molecule has 2 amide bonds. The second-order valence-electron chi connectivity index (χ2n) is 5.60. The number of nitrogens with one attached hydrogen (secondary N) is 1. The highest BCUT2D eigenvalue weighted by molar-refractivity contribution is 6.24. The summed E-state index contributed by atoms with van der Waals surface area (Å²) in [5, 5.41) is 0. The van der Waals surface area contributed by atoms with E-state index >= 15 is 0 Å². The fourth-order valence-corrected chi connectivity index (χ4v) is 2.95. The molecular formula is C17H14FN3O4. The molecule has 0 spiro atoms. The van der Waals surface area contributed by atoms with Crippen molar-refractivity contribution in [3.05, 3.63) is 65.8 Å². The summed E-state index contributed by atoms with van der Waals surface area (Å²) < 4.78 is 14.1. The van der Waals surface area contributed by atoms with Crippen LogP contribution in [0.2, 0.25) is 0 Å². The van der Waals surface area contributed by atoms with Crippen LogP contribution in [0, 0.1) is 5.82 Å². The molecule has 4 rings (SSSR count). The second kappa shape index (κ2) is 6.25. The molecule has 1 aromatic carbocycles. The van der Waals surface area contributed by atoms with Gasteiger partial charge >= 0.3 is 0 Å². The van der Waals surface area contributed by atoms with E-state index in [4.69, 9.17) is 9.68 Å². The van der Waals surface area contributed by atoms with E-state index in [9.17, 15) is 14.0 Å². The predicted molar refractivity (Wildman–Crippen MR) is 85.4 cm³/mol. The third kappa shape index (κ3) is 2.66. The van der Waals surface area contributed by atoms with Crippen LogP contribution in [0.1, 0.15) is 27.1 Å². The van der Waals surface area contributed by atoms with Crippen LogP contribution in [0.15, 0.2) is 48.8 Å². The highest BCUT2D eigenvalue weighted by atomic mass is 19.1. The van der Waals surface area contributed by atoms with Gasteiger partial charge in [-0.1, -0.05) is 17.8 Å². The van der Waals surface area contributed by atoms with Crippen molar-refractivity contribution in [2.45, 2.75) is 12.6 Å². The summed E-state index contributed by atoms with van der Waals surface area (Å²) in [6.45, 7) is 0.280. The zero-order valence-corrected chi connectivity index (χ0v) is 13.0. The largest absolute Gasteiger partial charge is 0.323 e. The van der Waals surface area contributed by atoms with Gasteiger partial charge in [-0.15, -0.1) is 0 Å². The minimum Gasteiger partial charge on any atom is -0.323 e. The molecule has 8 heteroatoms. The van der Waals surface area contributed by atoms with Crippen molar-refractivity contribution < 1.29 is 23.7 Å². The Kier molecular flexibility index (Phi) is 3.92. The van der Waals surface area contributed by atoms with Crippen molar-refractivity contribution in [2.24, 2.45) is 0 Å². The van der Waals surface area contributed by atoms with Gasteiger partial charge in [-0.2, -0.15) is 0 Å². The van der Waals surface area contributed by atoms with Gasteiger partial charge < -0.3 is 4.90 Å². The molecule has 7 nitrogen and oxygen atoms in total. The smallest absolute Gasteiger partial charge is 0.265 e. The van der Waals surface area contributed by atoms with Gasteiger partial charge in [0, 0.05) is 18.8 Å². The third-order valence-corrected chi connectivity index (χ3v) is 4.07. The molecule has 128 valence electrons. The third-order valence-electron chi connectivity index (χ3n) is 4.07. The van der Waals surface area contributed by atoms with Crippen LogP contribution in [0.5, 0.6) is 0 Å². The Labute approximate surface area is 142 Å². The Morgan fingerprint density at radius 3 is 2.52 bits per heavy atom. The maximum absolute atomic E-state index is 14.1. The quantitative estimate of drug-likeness (QED) is 0.829. The van der Waals surface area contributed by atoms with Gasteiger partial charge in [0.2, 0.25) is 0 Å². The van der Waals surface area contributed by atoms with Gasteiger partial charge in [-0.3, -0.25) is 19.3 Å². The number of anilines is 1. The second-order valence-corrected chi connectivity index (χ2v) is 5.60. The Bertz CT molecular complexity index is 811. The van der Waals surface area contributed by atoms with E-state index in [0.29, 0.717) is 12.1 Å². The minimum atomic E-state index is -0.811. The van der Waals surface area contributed by atoms with E-state index in [1.165, 1.54) is 6.07 Å². The highest BCUT2D eigenvalue weighted by Gasteiger charge is 2.44. The average Bonchev–Trinajstić information content (AvgIpc) is 2.81. The van der Waals surface area contributed by atoms with E-state index < -0.39 is 23.9 Å². The lowest BCUT2D eigenvalue weighted by Gasteiger charge is -2.28. The van der Waals surface area contributed by atoms with Gasteiger partial charge in [0.05, 0.1) is 23.4 Å². The first-order valence-electron chi connectivity index (χ1n) is 7.70. The summed E-state index contributed by atoms with van der Waals surface area (Å²) in [6, 6.07) is 2.31. The summed E-state index contributed by atoms with van der Waals surface area (Å²) in [5.41, 5.74) is 2.69. The summed E-state index contributed by atoms with van der Waals surface area (Å²) in [5.74, 6) is -1.71. The van der Waals surface area contributed by atoms with Crippen LogP contribution >= 0.6 is 0 Å². The number of allylic oxidation sites excluding steroid dienone is 4. The Morgan fingerprint density at radius 2 is 1.84 bits per heavy atom. The van der Waals surface area contributed by atoms with Crippen LogP contribution in [0.3, 0.4) is 0 Å². The number of fused-ring (bicyclic) bond motifs is 1. The first-order valence-corrected chi connectivity index (χ1v) is 7.70. The number of rotatable bonds is 2. The lowest BCUT2D eigenvalue weighted by molar-refractivity contribution is -0.259. The molecule has 1 fully saturated rings. The molecule has 1 N–H and O–H groups in total. The molecule has 3 heterocycles. The number of halogens is 1. The highest BCUT2D eigenvalue weighted by Crippen LogP contribution is 2.35. The molecule has 0 aliphatic carbocycles. The van der Waals surface area contributed by atoms with Crippen LogP contribution in [-0.2, 0) is 9.68 Å². The van der Waals surface area contributed by atoms with E-state index in [2.05, 4.69) is 5.64 Å². The zero-order valence-electron chi connectivity index (χ0n) is 13.0. The van der Waals surface area contributed by atoms with E-state index in [-0.39, 0.29) is 17.7 Å². The van der Waals surface area contributed by atoms with Crippen molar-refractivity contribution in [1.29, 1.82) is 0 Å². The van der Waals surface area contributed by atoms with E-state index in [0.717, 1.165) is 11.0 Å². The van der Waals surface area contributed by atoms with Crippen molar-refractivity contribution >= 4 is 17.5 Å². The van der Waals surface area contributed by atoms with Crippen LogP contribution in [0.4, 0.5) is 10.1 Å². The van der Waals surface area contributed by atoms with E-state index in [1.807, 2.05) is 0 Å². The summed E-state index contributed by atoms with van der Waals surface area (Å²) in [6.07, 6.45) is 9.99. The Balaban J connectivity index is 1.78. The molecule has 1 atom stereocenters. The monoisotopic (exact) mass is 343 g/mol. The molecule has 25 heavy (non-hydrogen) atoms. The van der Waals surface area contributed by atoms with E-state index in [1.54, 1.807) is 41.6 Å². The van der Waals surface area contributed by atoms with Crippen LogP contribution < -0.4 is 10.5 Å². The van der Waals surface area contributed by atoms with Crippen molar-refractivity contribution in [3.63, 3.8) is 0 Å². The van der Waals surface area contributed by atoms with Gasteiger partial charge in [-0.05, 0) is 24.3 Å². The van der Waals surface area contributed by atoms with Gasteiger partial charge in [0.25, 0.3) is 11.8 Å². The summed E-state index contributed by atoms with van der Waals surface area (Å²) in [4.78, 5) is 38.2. The maximum Gasteiger partial charge on any atom is 0.265 e. The zero-order chi connectivity index (χ0) is 17.4. The normalized spacial score (nSPS) is 22.5. The Morgan fingerprint density at radius 1 is 1.08 bits per heavy atom. The summed E-state index contributed by atoms with van der Waals surface area (Å²) in [7, 11) is 0. The molecule has 1 saturated heterocycles. The topological polar surface area (TPSA) is 71.1 Å². The number of hydrogen-bond donors (Lipinski definition) is 1. The first kappa shape index (κ1) is 15.7. The van der Waals surface area contributed by atoms with Gasteiger partial charge in [-0.25, -0.2) is 9.29 Å². The fourth-order valence-electron chi connectivity index (χ4n) is 2.95. The Hall–Kier alpha value is -2.81. The lowest BCUT2D eigenvalue weighted by Crippen LogP contribution is -2.47. The number of amides is 2. The molecule has 0 unspecified atom stereocenters. The molecule has 0 bridgehead atoms. The fraction of sp³-hybridized carbons (Fsp3) is 0.176. The van der Waals surface area contributed by atoms with Crippen LogP contribution in [-0.4, -0.2) is 29.5 Å². The number of nitrogens with zero attached hydrogens (tertiary/aromatic N) is 2. The van der Waals surface area contributed by atoms with Crippen molar-refractivity contribution in [2.75, 3.05) is 11.5 Å². The SMILES string of the molecule is O=C1c2cc(F)cc(N3C=CC=CC=C3)c2C(=O)N1[C@@H]1CCONO1. The number of hydrogen-bond acceptors (Lipinski definition) is 6. The molecule has 0 saturated carbocycles. The van der Waals surface area contributed by atoms with Gasteiger partial charge in [0.15, 0.2) is 6.23 Å². The molecular weight excluding hydrogens is 329 g/mol. The number of carbonyl (C=O) groups excluding carboxylic acids is 2. The molecule has 3 aliphatic heterocycles.